The first-order valence-corrected chi connectivity index (χ1v) is 4.03. The van der Waals surface area contributed by atoms with Crippen molar-refractivity contribution in [1.82, 2.24) is 9.78 Å². The maximum Gasteiger partial charge on any atom is 0.169 e. The van der Waals surface area contributed by atoms with Gasteiger partial charge in [0.15, 0.2) is 5.82 Å². The number of anilines is 2. The van der Waals surface area contributed by atoms with Crippen molar-refractivity contribution < 1.29 is 4.39 Å². The van der Waals surface area contributed by atoms with Crippen molar-refractivity contribution >= 4 is 11.5 Å². The largest absolute Gasteiger partial charge is 0.394 e. The summed E-state index contributed by atoms with van der Waals surface area (Å²) in [6.07, 6.45) is 1.59. The first-order valence-electron chi connectivity index (χ1n) is 4.03. The third kappa shape index (κ3) is 1.39. The fourth-order valence-electron chi connectivity index (χ4n) is 1.13. The smallest absolute Gasteiger partial charge is 0.169 e. The van der Waals surface area contributed by atoms with Gasteiger partial charge in [0.1, 0.15) is 5.82 Å². The average molecular weight is 192 g/mol. The Morgan fingerprint density at radius 3 is 2.29 bits per heavy atom. The molecule has 0 saturated heterocycles. The molecular formula is C9H9FN4. The van der Waals surface area contributed by atoms with Crippen molar-refractivity contribution in [3.8, 4) is 5.69 Å². The number of rotatable bonds is 1. The van der Waals surface area contributed by atoms with Gasteiger partial charge in [-0.25, -0.2) is 9.07 Å². The van der Waals surface area contributed by atoms with E-state index in [2.05, 4.69) is 5.10 Å². The van der Waals surface area contributed by atoms with E-state index in [-0.39, 0.29) is 11.6 Å². The quantitative estimate of drug-likeness (QED) is 0.712. The Bertz CT molecular complexity index is 427. The average Bonchev–Trinajstić information content (AvgIpc) is 2.48. The molecule has 4 nitrogen and oxygen atoms in total. The van der Waals surface area contributed by atoms with Crippen molar-refractivity contribution in [2.75, 3.05) is 11.5 Å². The summed E-state index contributed by atoms with van der Waals surface area (Å²) in [5.74, 6) is -0.0174. The Morgan fingerprint density at radius 2 is 1.79 bits per heavy atom. The third-order valence-corrected chi connectivity index (χ3v) is 1.86. The Labute approximate surface area is 79.9 Å². The van der Waals surface area contributed by atoms with E-state index in [4.69, 9.17) is 11.5 Å². The predicted molar refractivity (Wildman–Crippen MR) is 52.3 cm³/mol. The lowest BCUT2D eigenvalue weighted by atomic mass is 10.3. The molecule has 0 unspecified atom stereocenters. The monoisotopic (exact) mass is 192 g/mol. The number of hydrogen-bond acceptors (Lipinski definition) is 3. The summed E-state index contributed by atoms with van der Waals surface area (Å²) in [4.78, 5) is 0. The summed E-state index contributed by atoms with van der Waals surface area (Å²) in [6, 6.07) is 5.90. The zero-order valence-corrected chi connectivity index (χ0v) is 7.31. The number of aromatic nitrogens is 2. The van der Waals surface area contributed by atoms with Crippen LogP contribution in [-0.2, 0) is 0 Å². The summed E-state index contributed by atoms with van der Waals surface area (Å²) in [7, 11) is 0. The van der Waals surface area contributed by atoms with Gasteiger partial charge in [0.2, 0.25) is 0 Å². The number of nitrogens with zero attached hydrogens (tertiary/aromatic N) is 2. The Kier molecular flexibility index (Phi) is 1.85. The molecule has 1 aromatic heterocycles. The summed E-state index contributed by atoms with van der Waals surface area (Å²) in [6.45, 7) is 0. The second kappa shape index (κ2) is 3.02. The van der Waals surface area contributed by atoms with E-state index < -0.39 is 0 Å². The van der Waals surface area contributed by atoms with E-state index in [1.165, 1.54) is 16.8 Å². The Balaban J connectivity index is 2.44. The van der Waals surface area contributed by atoms with E-state index in [1.807, 2.05) is 0 Å². The molecule has 0 aliphatic rings. The summed E-state index contributed by atoms with van der Waals surface area (Å²) < 4.78 is 14.1. The second-order valence-electron chi connectivity index (χ2n) is 2.89. The molecule has 14 heavy (non-hydrogen) atoms. The summed E-state index contributed by atoms with van der Waals surface area (Å²) in [5.41, 5.74) is 12.1. The highest BCUT2D eigenvalue weighted by Crippen LogP contribution is 2.15. The van der Waals surface area contributed by atoms with Gasteiger partial charge in [0.05, 0.1) is 17.6 Å². The van der Waals surface area contributed by atoms with Crippen LogP contribution in [0.5, 0.6) is 0 Å². The van der Waals surface area contributed by atoms with Crippen LogP contribution in [0.25, 0.3) is 5.69 Å². The van der Waals surface area contributed by atoms with Gasteiger partial charge in [-0.05, 0) is 24.3 Å². The highest BCUT2D eigenvalue weighted by molar-refractivity contribution is 5.57. The zero-order chi connectivity index (χ0) is 10.1. The minimum Gasteiger partial charge on any atom is -0.394 e. The number of halogens is 1. The molecule has 0 amide bonds. The highest BCUT2D eigenvalue weighted by atomic mass is 19.1. The molecule has 0 atom stereocenters. The number of nitrogen functional groups attached to an aromatic ring is 2. The lowest BCUT2D eigenvalue weighted by Gasteiger charge is -1.99. The lowest BCUT2D eigenvalue weighted by molar-refractivity contribution is 0.627. The van der Waals surface area contributed by atoms with E-state index >= 15 is 0 Å². The van der Waals surface area contributed by atoms with Crippen molar-refractivity contribution in [3.63, 3.8) is 0 Å². The normalized spacial score (nSPS) is 10.4. The van der Waals surface area contributed by atoms with Gasteiger partial charge in [-0.15, -0.1) is 5.10 Å². The van der Waals surface area contributed by atoms with Crippen LogP contribution in [0, 0.1) is 5.82 Å². The molecule has 2 rings (SSSR count). The Morgan fingerprint density at radius 1 is 1.14 bits per heavy atom. The van der Waals surface area contributed by atoms with Gasteiger partial charge in [-0.1, -0.05) is 0 Å². The summed E-state index contributed by atoms with van der Waals surface area (Å²) >= 11 is 0. The highest BCUT2D eigenvalue weighted by Gasteiger charge is 2.03. The number of hydrogen-bond donors (Lipinski definition) is 2. The van der Waals surface area contributed by atoms with Crippen molar-refractivity contribution in [2.24, 2.45) is 0 Å². The Hall–Kier alpha value is -2.04. The number of nitrogens with two attached hydrogens (primary N) is 2. The third-order valence-electron chi connectivity index (χ3n) is 1.86. The first-order chi connectivity index (χ1) is 6.66. The van der Waals surface area contributed by atoms with E-state index in [9.17, 15) is 4.39 Å². The fraction of sp³-hybridized carbons (Fsp3) is 0. The van der Waals surface area contributed by atoms with E-state index in [0.29, 0.717) is 5.69 Å². The molecule has 1 aromatic carbocycles. The minimum atomic E-state index is -0.290. The van der Waals surface area contributed by atoms with E-state index in [1.54, 1.807) is 18.3 Å². The van der Waals surface area contributed by atoms with Crippen LogP contribution in [0.3, 0.4) is 0 Å². The molecular weight excluding hydrogens is 183 g/mol. The fourth-order valence-corrected chi connectivity index (χ4v) is 1.13. The topological polar surface area (TPSA) is 69.9 Å². The standard InChI is InChI=1S/C9H9FN4/c10-6-1-3-7(4-2-6)14-5-8(11)9(12)13-14/h1-5H,11H2,(H2,12,13). The van der Waals surface area contributed by atoms with Crippen molar-refractivity contribution in [1.29, 1.82) is 0 Å². The molecule has 0 aliphatic carbocycles. The molecule has 0 fully saturated rings. The SMILES string of the molecule is Nc1cn(-c2ccc(F)cc2)nc1N. The van der Waals surface area contributed by atoms with Crippen LogP contribution in [0.2, 0.25) is 0 Å². The van der Waals surface area contributed by atoms with Crippen LogP contribution in [0.15, 0.2) is 30.5 Å². The molecule has 1 heterocycles. The van der Waals surface area contributed by atoms with Gasteiger partial charge in [-0.3, -0.25) is 0 Å². The number of benzene rings is 1. The molecule has 72 valence electrons. The minimum absolute atomic E-state index is 0.273. The van der Waals surface area contributed by atoms with Crippen LogP contribution in [-0.4, -0.2) is 9.78 Å². The predicted octanol–water partition coefficient (Wildman–Crippen LogP) is 1.18. The summed E-state index contributed by atoms with van der Waals surface area (Å²) in [5, 5.41) is 3.96. The van der Waals surface area contributed by atoms with Gasteiger partial charge in [0, 0.05) is 0 Å². The van der Waals surface area contributed by atoms with Crippen molar-refractivity contribution in [2.45, 2.75) is 0 Å². The van der Waals surface area contributed by atoms with Crippen LogP contribution < -0.4 is 11.5 Å². The molecule has 5 heteroatoms. The molecule has 0 bridgehead atoms. The molecule has 0 saturated carbocycles. The molecule has 0 aliphatic heterocycles. The lowest BCUT2D eigenvalue weighted by Crippen LogP contribution is -1.95. The molecule has 4 N–H and O–H groups in total. The van der Waals surface area contributed by atoms with Crippen molar-refractivity contribution in [3.05, 3.63) is 36.3 Å². The maximum atomic E-state index is 12.6. The maximum absolute atomic E-state index is 12.6. The second-order valence-corrected chi connectivity index (χ2v) is 2.89. The van der Waals surface area contributed by atoms with Crippen LogP contribution >= 0.6 is 0 Å². The molecule has 0 radical (unpaired) electrons. The van der Waals surface area contributed by atoms with Gasteiger partial charge < -0.3 is 11.5 Å². The van der Waals surface area contributed by atoms with Gasteiger partial charge >= 0.3 is 0 Å². The van der Waals surface area contributed by atoms with E-state index in [0.717, 1.165) is 5.69 Å². The van der Waals surface area contributed by atoms with Crippen LogP contribution in [0.4, 0.5) is 15.9 Å². The molecule has 2 aromatic rings. The molecule has 0 spiro atoms. The van der Waals surface area contributed by atoms with Gasteiger partial charge in [-0.2, -0.15) is 0 Å². The zero-order valence-electron chi connectivity index (χ0n) is 7.31. The van der Waals surface area contributed by atoms with Crippen LogP contribution in [0.1, 0.15) is 0 Å². The van der Waals surface area contributed by atoms with Gasteiger partial charge in [0.25, 0.3) is 0 Å². The first kappa shape index (κ1) is 8.55.